The number of carbonyl (C=O) groups excluding carboxylic acids is 2. The minimum atomic E-state index is -0.0662. The van der Waals surface area contributed by atoms with Gasteiger partial charge in [0.25, 0.3) is 0 Å². The zero-order valence-electron chi connectivity index (χ0n) is 17.2. The van der Waals surface area contributed by atoms with Gasteiger partial charge in [0.2, 0.25) is 11.8 Å². The van der Waals surface area contributed by atoms with Crippen LogP contribution in [0.2, 0.25) is 0 Å². The number of hydrogen-bond donors (Lipinski definition) is 1. The molecule has 1 atom stereocenters. The molecule has 1 heterocycles. The fraction of sp³-hybridized carbons (Fsp3) is 0.520. The van der Waals surface area contributed by atoms with Crippen LogP contribution < -0.4 is 5.32 Å². The number of benzene rings is 2. The van der Waals surface area contributed by atoms with Gasteiger partial charge in [-0.2, -0.15) is 0 Å². The normalized spacial score (nSPS) is 21.0. The van der Waals surface area contributed by atoms with Crippen LogP contribution in [0.1, 0.15) is 56.9 Å². The Kier molecular flexibility index (Phi) is 6.48. The van der Waals surface area contributed by atoms with E-state index in [1.165, 1.54) is 25.7 Å². The Bertz CT molecular complexity index is 850. The third-order valence-corrected chi connectivity index (χ3v) is 6.57. The highest BCUT2D eigenvalue weighted by molar-refractivity contribution is 5.90. The SMILES string of the molecule is O=C(NC1CCCCCC1)[C@H]1CCCN(C(=O)Cc2cccc3ccccc23)C1. The summed E-state index contributed by atoms with van der Waals surface area (Å²) >= 11 is 0. The van der Waals surface area contributed by atoms with E-state index in [1.807, 2.05) is 29.2 Å². The fourth-order valence-electron chi connectivity index (χ4n) is 4.88. The molecule has 0 aromatic heterocycles. The molecule has 0 bridgehead atoms. The Balaban J connectivity index is 1.37. The quantitative estimate of drug-likeness (QED) is 0.781. The number of amides is 2. The van der Waals surface area contributed by atoms with Gasteiger partial charge in [0.15, 0.2) is 0 Å². The predicted molar refractivity (Wildman–Crippen MR) is 117 cm³/mol. The lowest BCUT2D eigenvalue weighted by Crippen LogP contribution is -2.47. The maximum absolute atomic E-state index is 13.0. The summed E-state index contributed by atoms with van der Waals surface area (Å²) in [6.07, 6.45) is 9.39. The van der Waals surface area contributed by atoms with E-state index in [0.717, 1.165) is 48.6 Å². The molecule has 1 saturated carbocycles. The molecule has 2 aromatic rings. The van der Waals surface area contributed by atoms with Crippen LogP contribution in [0.15, 0.2) is 42.5 Å². The van der Waals surface area contributed by atoms with Gasteiger partial charge in [-0.25, -0.2) is 0 Å². The molecule has 2 aliphatic rings. The third-order valence-electron chi connectivity index (χ3n) is 6.57. The van der Waals surface area contributed by atoms with Gasteiger partial charge in [-0.3, -0.25) is 9.59 Å². The van der Waals surface area contributed by atoms with Crippen molar-refractivity contribution in [1.82, 2.24) is 10.2 Å². The van der Waals surface area contributed by atoms with Crippen molar-refractivity contribution in [2.45, 2.75) is 63.8 Å². The smallest absolute Gasteiger partial charge is 0.227 e. The molecular formula is C25H32N2O2. The summed E-state index contributed by atoms with van der Waals surface area (Å²) in [5.74, 6) is 0.219. The van der Waals surface area contributed by atoms with E-state index < -0.39 is 0 Å². The Hall–Kier alpha value is -2.36. The number of rotatable bonds is 4. The van der Waals surface area contributed by atoms with Crippen molar-refractivity contribution in [3.05, 3.63) is 48.0 Å². The molecule has 4 rings (SSSR count). The predicted octanol–water partition coefficient (Wildman–Crippen LogP) is 4.46. The summed E-state index contributed by atoms with van der Waals surface area (Å²) in [7, 11) is 0. The summed E-state index contributed by atoms with van der Waals surface area (Å²) in [5.41, 5.74) is 1.07. The van der Waals surface area contributed by atoms with Crippen LogP contribution in [-0.2, 0) is 16.0 Å². The number of piperidine rings is 1. The second kappa shape index (κ2) is 9.43. The van der Waals surface area contributed by atoms with Crippen molar-refractivity contribution < 1.29 is 9.59 Å². The molecule has 1 saturated heterocycles. The molecule has 1 N–H and O–H groups in total. The molecule has 0 spiro atoms. The zero-order chi connectivity index (χ0) is 20.1. The highest BCUT2D eigenvalue weighted by Gasteiger charge is 2.29. The Morgan fingerprint density at radius 2 is 1.66 bits per heavy atom. The monoisotopic (exact) mass is 392 g/mol. The molecule has 154 valence electrons. The number of carbonyl (C=O) groups is 2. The van der Waals surface area contributed by atoms with Crippen LogP contribution in [0, 0.1) is 5.92 Å². The molecule has 1 aliphatic heterocycles. The van der Waals surface area contributed by atoms with Gasteiger partial charge in [0.1, 0.15) is 0 Å². The molecule has 4 heteroatoms. The topological polar surface area (TPSA) is 49.4 Å². The molecule has 1 aliphatic carbocycles. The number of fused-ring (bicyclic) bond motifs is 1. The fourth-order valence-corrected chi connectivity index (χ4v) is 4.88. The Morgan fingerprint density at radius 1 is 0.897 bits per heavy atom. The van der Waals surface area contributed by atoms with Crippen LogP contribution in [0.4, 0.5) is 0 Å². The number of likely N-dealkylation sites (tertiary alicyclic amines) is 1. The molecule has 29 heavy (non-hydrogen) atoms. The first kappa shape index (κ1) is 19.9. The van der Waals surface area contributed by atoms with Gasteiger partial charge in [0.05, 0.1) is 12.3 Å². The van der Waals surface area contributed by atoms with Crippen LogP contribution in [0.25, 0.3) is 10.8 Å². The van der Waals surface area contributed by atoms with Crippen molar-refractivity contribution in [2.24, 2.45) is 5.92 Å². The average Bonchev–Trinajstić information content (AvgIpc) is 3.03. The van der Waals surface area contributed by atoms with Gasteiger partial charge in [-0.15, -0.1) is 0 Å². The summed E-state index contributed by atoms with van der Waals surface area (Å²) in [5, 5.41) is 5.59. The van der Waals surface area contributed by atoms with Crippen molar-refractivity contribution in [3.63, 3.8) is 0 Å². The van der Waals surface area contributed by atoms with E-state index >= 15 is 0 Å². The van der Waals surface area contributed by atoms with E-state index in [0.29, 0.717) is 19.0 Å². The summed E-state index contributed by atoms with van der Waals surface area (Å²) in [4.78, 5) is 27.7. The molecule has 0 unspecified atom stereocenters. The van der Waals surface area contributed by atoms with Crippen molar-refractivity contribution in [1.29, 1.82) is 0 Å². The Labute approximate surface area is 173 Å². The maximum Gasteiger partial charge on any atom is 0.227 e. The van der Waals surface area contributed by atoms with Gasteiger partial charge < -0.3 is 10.2 Å². The number of hydrogen-bond acceptors (Lipinski definition) is 2. The van der Waals surface area contributed by atoms with Gasteiger partial charge in [0, 0.05) is 19.1 Å². The minimum Gasteiger partial charge on any atom is -0.353 e. The third kappa shape index (κ3) is 4.98. The molecule has 0 radical (unpaired) electrons. The molecule has 2 aromatic carbocycles. The highest BCUT2D eigenvalue weighted by atomic mass is 16.2. The van der Waals surface area contributed by atoms with Gasteiger partial charge >= 0.3 is 0 Å². The standard InChI is InChI=1S/C25H32N2O2/c28-24(17-20-11-7-10-19-9-5-6-15-23(19)20)27-16-8-12-21(18-27)25(29)26-22-13-3-1-2-4-14-22/h5-7,9-11,15,21-22H,1-4,8,12-14,16-18H2,(H,26,29)/t21-/m0/s1. The van der Waals surface area contributed by atoms with E-state index in [1.54, 1.807) is 0 Å². The first-order valence-corrected chi connectivity index (χ1v) is 11.3. The highest BCUT2D eigenvalue weighted by Crippen LogP contribution is 2.23. The summed E-state index contributed by atoms with van der Waals surface area (Å²) in [6.45, 7) is 1.32. The molecular weight excluding hydrogens is 360 g/mol. The van der Waals surface area contributed by atoms with Gasteiger partial charge in [-0.1, -0.05) is 68.1 Å². The van der Waals surface area contributed by atoms with E-state index in [2.05, 4.69) is 23.5 Å². The van der Waals surface area contributed by atoms with Crippen molar-refractivity contribution >= 4 is 22.6 Å². The lowest BCUT2D eigenvalue weighted by molar-refractivity contribution is -0.135. The lowest BCUT2D eigenvalue weighted by atomic mass is 9.95. The molecule has 4 nitrogen and oxygen atoms in total. The molecule has 2 fully saturated rings. The molecule has 2 amide bonds. The second-order valence-corrected chi connectivity index (χ2v) is 8.69. The van der Waals surface area contributed by atoms with Crippen molar-refractivity contribution in [2.75, 3.05) is 13.1 Å². The maximum atomic E-state index is 13.0. The van der Waals surface area contributed by atoms with Crippen LogP contribution >= 0.6 is 0 Å². The van der Waals surface area contributed by atoms with Crippen molar-refractivity contribution in [3.8, 4) is 0 Å². The van der Waals surface area contributed by atoms with Crippen LogP contribution in [0.3, 0.4) is 0 Å². The largest absolute Gasteiger partial charge is 0.353 e. The summed E-state index contributed by atoms with van der Waals surface area (Å²) < 4.78 is 0. The number of nitrogens with zero attached hydrogens (tertiary/aromatic N) is 1. The first-order valence-electron chi connectivity index (χ1n) is 11.3. The van der Waals surface area contributed by atoms with E-state index in [9.17, 15) is 9.59 Å². The van der Waals surface area contributed by atoms with E-state index in [4.69, 9.17) is 0 Å². The van der Waals surface area contributed by atoms with Gasteiger partial charge in [-0.05, 0) is 42.0 Å². The van der Waals surface area contributed by atoms with Crippen LogP contribution in [-0.4, -0.2) is 35.8 Å². The second-order valence-electron chi connectivity index (χ2n) is 8.69. The van der Waals surface area contributed by atoms with E-state index in [-0.39, 0.29) is 17.7 Å². The average molecular weight is 393 g/mol. The summed E-state index contributed by atoms with van der Waals surface area (Å²) in [6, 6.07) is 14.7. The van der Waals surface area contributed by atoms with Crippen LogP contribution in [0.5, 0.6) is 0 Å². The minimum absolute atomic E-state index is 0.0662. The Morgan fingerprint density at radius 3 is 2.48 bits per heavy atom. The zero-order valence-corrected chi connectivity index (χ0v) is 17.2. The lowest BCUT2D eigenvalue weighted by Gasteiger charge is -2.33. The number of nitrogens with one attached hydrogen (secondary N) is 1. The first-order chi connectivity index (χ1) is 14.2.